The zero-order chi connectivity index (χ0) is 12.1. The molecule has 0 saturated heterocycles. The Hall–Kier alpha value is -1.28. The molecule has 17 heavy (non-hydrogen) atoms. The molecule has 0 bridgehead atoms. The number of para-hydroxylation sites is 1. The fourth-order valence-electron chi connectivity index (χ4n) is 1.83. The van der Waals surface area contributed by atoms with E-state index in [2.05, 4.69) is 30.4 Å². The fraction of sp³-hybridized carbons (Fsp3) is 0.467. The van der Waals surface area contributed by atoms with Gasteiger partial charge in [-0.3, -0.25) is 0 Å². The summed E-state index contributed by atoms with van der Waals surface area (Å²) in [4.78, 5) is 0. The smallest absolute Gasteiger partial charge is 0.127 e. The van der Waals surface area contributed by atoms with Gasteiger partial charge in [0.15, 0.2) is 0 Å². The van der Waals surface area contributed by atoms with Gasteiger partial charge in [-0.2, -0.15) is 0 Å². The van der Waals surface area contributed by atoms with Gasteiger partial charge in [0.1, 0.15) is 12.4 Å². The van der Waals surface area contributed by atoms with Crippen molar-refractivity contribution in [1.29, 1.82) is 0 Å². The van der Waals surface area contributed by atoms with Crippen LogP contribution in [0.4, 0.5) is 0 Å². The molecule has 92 valence electrons. The molecule has 0 spiro atoms. The predicted octanol–water partition coefficient (Wildman–Crippen LogP) is 3.20. The average molecular weight is 231 g/mol. The number of hydrogen-bond acceptors (Lipinski definition) is 2. The predicted molar refractivity (Wildman–Crippen MR) is 71.3 cm³/mol. The summed E-state index contributed by atoms with van der Waals surface area (Å²) in [7, 11) is 0. The van der Waals surface area contributed by atoms with Crippen molar-refractivity contribution in [1.82, 2.24) is 5.32 Å². The maximum Gasteiger partial charge on any atom is 0.127 e. The van der Waals surface area contributed by atoms with Gasteiger partial charge in [-0.05, 0) is 32.3 Å². The van der Waals surface area contributed by atoms with Crippen LogP contribution in [0.5, 0.6) is 5.75 Å². The molecule has 1 aromatic carbocycles. The van der Waals surface area contributed by atoms with Crippen LogP contribution in [0.3, 0.4) is 0 Å². The largest absolute Gasteiger partial charge is 0.489 e. The highest BCUT2D eigenvalue weighted by atomic mass is 16.5. The van der Waals surface area contributed by atoms with Gasteiger partial charge in [0.2, 0.25) is 0 Å². The highest BCUT2D eigenvalue weighted by molar-refractivity contribution is 5.40. The SMILES string of the molecule is C/C=C/COc1c(C)cccc1CNC1CC1. The first-order valence-electron chi connectivity index (χ1n) is 6.37. The molecule has 0 unspecified atom stereocenters. The lowest BCUT2D eigenvalue weighted by molar-refractivity contribution is 0.354. The number of allylic oxidation sites excluding steroid dienone is 1. The van der Waals surface area contributed by atoms with Crippen LogP contribution in [0, 0.1) is 6.92 Å². The Labute approximate surface area is 104 Å². The molecular formula is C15H21NO. The Kier molecular flexibility index (Phi) is 4.21. The van der Waals surface area contributed by atoms with Crippen molar-refractivity contribution in [2.45, 2.75) is 39.3 Å². The standard InChI is InChI=1S/C15H21NO/c1-3-4-10-17-15-12(2)6-5-7-13(15)11-16-14-8-9-14/h3-7,14,16H,8-11H2,1-2H3/b4-3+. The third-order valence-corrected chi connectivity index (χ3v) is 3.01. The second-order valence-electron chi connectivity index (χ2n) is 4.60. The van der Waals surface area contributed by atoms with Crippen LogP contribution in [0.25, 0.3) is 0 Å². The Balaban J connectivity index is 2.02. The minimum Gasteiger partial charge on any atom is -0.489 e. The van der Waals surface area contributed by atoms with Crippen molar-refractivity contribution in [3.8, 4) is 5.75 Å². The first-order chi connectivity index (χ1) is 8.31. The van der Waals surface area contributed by atoms with Gasteiger partial charge in [-0.15, -0.1) is 0 Å². The molecule has 0 heterocycles. The third-order valence-electron chi connectivity index (χ3n) is 3.01. The third kappa shape index (κ3) is 3.60. The minimum atomic E-state index is 0.651. The normalized spacial score (nSPS) is 15.4. The maximum absolute atomic E-state index is 5.83. The van der Waals surface area contributed by atoms with Crippen LogP contribution in [-0.4, -0.2) is 12.6 Å². The van der Waals surface area contributed by atoms with E-state index in [1.807, 2.05) is 19.1 Å². The van der Waals surface area contributed by atoms with E-state index in [9.17, 15) is 0 Å². The lowest BCUT2D eigenvalue weighted by atomic mass is 10.1. The molecule has 1 aromatic rings. The van der Waals surface area contributed by atoms with Crippen LogP contribution in [0.15, 0.2) is 30.4 Å². The molecule has 1 aliphatic rings. The molecule has 0 aromatic heterocycles. The van der Waals surface area contributed by atoms with Crippen molar-refractivity contribution in [2.24, 2.45) is 0 Å². The molecule has 2 rings (SSSR count). The second kappa shape index (κ2) is 5.87. The number of aryl methyl sites for hydroxylation is 1. The second-order valence-corrected chi connectivity index (χ2v) is 4.60. The Bertz CT molecular complexity index is 394. The summed E-state index contributed by atoms with van der Waals surface area (Å²) < 4.78 is 5.83. The van der Waals surface area contributed by atoms with Gasteiger partial charge in [0.25, 0.3) is 0 Å². The zero-order valence-corrected chi connectivity index (χ0v) is 10.7. The van der Waals surface area contributed by atoms with E-state index in [-0.39, 0.29) is 0 Å². The summed E-state index contributed by atoms with van der Waals surface area (Å²) in [6.45, 7) is 5.68. The average Bonchev–Trinajstić information content (AvgIpc) is 3.13. The summed E-state index contributed by atoms with van der Waals surface area (Å²) in [6.07, 6.45) is 6.69. The fourth-order valence-corrected chi connectivity index (χ4v) is 1.83. The molecule has 1 saturated carbocycles. The van der Waals surface area contributed by atoms with Crippen molar-refractivity contribution in [3.05, 3.63) is 41.5 Å². The molecule has 1 fully saturated rings. The van der Waals surface area contributed by atoms with E-state index in [4.69, 9.17) is 4.74 Å². The Morgan fingerprint density at radius 2 is 2.24 bits per heavy atom. The van der Waals surface area contributed by atoms with Gasteiger partial charge in [0, 0.05) is 18.2 Å². The monoisotopic (exact) mass is 231 g/mol. The van der Waals surface area contributed by atoms with E-state index in [1.165, 1.54) is 24.0 Å². The Morgan fingerprint density at radius 1 is 1.41 bits per heavy atom. The van der Waals surface area contributed by atoms with Gasteiger partial charge in [0.05, 0.1) is 0 Å². The number of rotatable bonds is 6. The summed E-state index contributed by atoms with van der Waals surface area (Å²) in [5.41, 5.74) is 2.48. The molecule has 2 heteroatoms. The van der Waals surface area contributed by atoms with Crippen LogP contribution in [0.2, 0.25) is 0 Å². The quantitative estimate of drug-likeness (QED) is 0.759. The van der Waals surface area contributed by atoms with Crippen molar-refractivity contribution >= 4 is 0 Å². The van der Waals surface area contributed by atoms with Crippen LogP contribution in [0.1, 0.15) is 30.9 Å². The lowest BCUT2D eigenvalue weighted by Gasteiger charge is -2.13. The topological polar surface area (TPSA) is 21.3 Å². The van der Waals surface area contributed by atoms with E-state index in [0.29, 0.717) is 6.61 Å². The number of hydrogen-bond donors (Lipinski definition) is 1. The van der Waals surface area contributed by atoms with Crippen molar-refractivity contribution in [2.75, 3.05) is 6.61 Å². The van der Waals surface area contributed by atoms with Crippen molar-refractivity contribution < 1.29 is 4.74 Å². The van der Waals surface area contributed by atoms with E-state index < -0.39 is 0 Å². The van der Waals surface area contributed by atoms with E-state index in [0.717, 1.165) is 18.3 Å². The first-order valence-corrected chi connectivity index (χ1v) is 6.37. The van der Waals surface area contributed by atoms with E-state index >= 15 is 0 Å². The van der Waals surface area contributed by atoms with E-state index in [1.54, 1.807) is 0 Å². The zero-order valence-electron chi connectivity index (χ0n) is 10.7. The molecular weight excluding hydrogens is 210 g/mol. The van der Waals surface area contributed by atoms with Crippen LogP contribution >= 0.6 is 0 Å². The number of nitrogens with one attached hydrogen (secondary N) is 1. The summed E-state index contributed by atoms with van der Waals surface area (Å²) in [5.74, 6) is 1.04. The highest BCUT2D eigenvalue weighted by Gasteiger charge is 2.20. The van der Waals surface area contributed by atoms with Crippen molar-refractivity contribution in [3.63, 3.8) is 0 Å². The van der Waals surface area contributed by atoms with Gasteiger partial charge < -0.3 is 10.1 Å². The number of ether oxygens (including phenoxy) is 1. The molecule has 1 N–H and O–H groups in total. The summed E-state index contributed by atoms with van der Waals surface area (Å²) in [6, 6.07) is 7.08. The highest BCUT2D eigenvalue weighted by Crippen LogP contribution is 2.25. The van der Waals surface area contributed by atoms with Gasteiger partial charge in [-0.25, -0.2) is 0 Å². The molecule has 1 aliphatic carbocycles. The first kappa shape index (κ1) is 12.2. The molecule has 0 aliphatic heterocycles. The van der Waals surface area contributed by atoms with Gasteiger partial charge in [-0.1, -0.05) is 30.4 Å². The number of benzene rings is 1. The Morgan fingerprint density at radius 3 is 2.94 bits per heavy atom. The maximum atomic E-state index is 5.83. The molecule has 0 amide bonds. The van der Waals surface area contributed by atoms with Crippen LogP contribution in [-0.2, 0) is 6.54 Å². The minimum absolute atomic E-state index is 0.651. The molecule has 0 radical (unpaired) electrons. The van der Waals surface area contributed by atoms with Gasteiger partial charge >= 0.3 is 0 Å². The summed E-state index contributed by atoms with van der Waals surface area (Å²) in [5, 5.41) is 3.53. The van der Waals surface area contributed by atoms with Crippen LogP contribution < -0.4 is 10.1 Å². The molecule has 0 atom stereocenters. The summed E-state index contributed by atoms with van der Waals surface area (Å²) >= 11 is 0. The molecule has 2 nitrogen and oxygen atoms in total. The lowest BCUT2D eigenvalue weighted by Crippen LogP contribution is -2.16.